The second kappa shape index (κ2) is 8.03. The summed E-state index contributed by atoms with van der Waals surface area (Å²) in [6, 6.07) is 18.7. The Labute approximate surface area is 201 Å². The first kappa shape index (κ1) is 21.7. The van der Waals surface area contributed by atoms with Crippen LogP contribution in [0.1, 0.15) is 45.4 Å². The van der Waals surface area contributed by atoms with E-state index in [-0.39, 0.29) is 17.1 Å². The number of halogens is 1. The van der Waals surface area contributed by atoms with Gasteiger partial charge in [-0.15, -0.1) is 0 Å². The zero-order valence-corrected chi connectivity index (χ0v) is 20.4. The number of hydrogen-bond donors (Lipinski definition) is 1. The van der Waals surface area contributed by atoms with Crippen molar-refractivity contribution in [2.75, 3.05) is 10.2 Å². The van der Waals surface area contributed by atoms with E-state index in [1.807, 2.05) is 60.7 Å². The van der Waals surface area contributed by atoms with Crippen molar-refractivity contribution in [3.63, 3.8) is 0 Å². The van der Waals surface area contributed by atoms with E-state index in [0.717, 1.165) is 27.1 Å². The van der Waals surface area contributed by atoms with Gasteiger partial charge in [0.2, 0.25) is 5.91 Å². The van der Waals surface area contributed by atoms with E-state index < -0.39 is 6.04 Å². The van der Waals surface area contributed by atoms with E-state index in [1.54, 1.807) is 4.90 Å². The summed E-state index contributed by atoms with van der Waals surface area (Å²) in [4.78, 5) is 28.3. The highest BCUT2D eigenvalue weighted by molar-refractivity contribution is 9.10. The van der Waals surface area contributed by atoms with Crippen molar-refractivity contribution in [1.82, 2.24) is 0 Å². The van der Waals surface area contributed by atoms with Gasteiger partial charge in [0.05, 0.1) is 11.4 Å². The Morgan fingerprint density at radius 3 is 2.52 bits per heavy atom. The Bertz CT molecular complexity index is 1290. The number of allylic oxidation sites excluding steroid dienone is 1. The fourth-order valence-electron chi connectivity index (χ4n) is 4.87. The highest BCUT2D eigenvalue weighted by Crippen LogP contribution is 2.48. The van der Waals surface area contributed by atoms with Crippen LogP contribution >= 0.6 is 15.9 Å². The molecule has 6 heteroatoms. The Kier molecular flexibility index (Phi) is 5.28. The van der Waals surface area contributed by atoms with Crippen molar-refractivity contribution >= 4 is 39.0 Å². The Balaban J connectivity index is 1.71. The maximum absolute atomic E-state index is 13.5. The average molecular weight is 505 g/mol. The Morgan fingerprint density at radius 2 is 1.79 bits per heavy atom. The largest absolute Gasteiger partial charge is 0.459 e. The van der Waals surface area contributed by atoms with Crippen LogP contribution < -0.4 is 10.2 Å². The summed E-state index contributed by atoms with van der Waals surface area (Å²) >= 11 is 3.46. The molecule has 2 heterocycles. The van der Waals surface area contributed by atoms with E-state index in [1.165, 1.54) is 6.92 Å². The Hall–Kier alpha value is -3.12. The predicted octanol–water partition coefficient (Wildman–Crippen LogP) is 6.87. The molecule has 0 saturated carbocycles. The lowest BCUT2D eigenvalue weighted by molar-refractivity contribution is -0.118. The molecule has 5 rings (SSSR count). The molecule has 5 nitrogen and oxygen atoms in total. The molecule has 2 aromatic carbocycles. The molecule has 0 saturated heterocycles. The minimum absolute atomic E-state index is 0.0411. The molecule has 3 aromatic rings. The van der Waals surface area contributed by atoms with Gasteiger partial charge in [0, 0.05) is 34.7 Å². The number of benzene rings is 2. The predicted molar refractivity (Wildman–Crippen MR) is 133 cm³/mol. The lowest BCUT2D eigenvalue weighted by Crippen LogP contribution is -2.38. The van der Waals surface area contributed by atoms with Gasteiger partial charge in [-0.05, 0) is 48.2 Å². The van der Waals surface area contributed by atoms with Gasteiger partial charge in [0.25, 0.3) is 0 Å². The smallest absolute Gasteiger partial charge is 0.224 e. The van der Waals surface area contributed by atoms with E-state index in [2.05, 4.69) is 35.1 Å². The molecule has 0 unspecified atom stereocenters. The highest BCUT2D eigenvalue weighted by Gasteiger charge is 2.43. The molecule has 1 N–H and O–H groups in total. The zero-order chi connectivity index (χ0) is 23.3. The lowest BCUT2D eigenvalue weighted by Gasteiger charge is -2.35. The number of anilines is 2. The van der Waals surface area contributed by atoms with Crippen LogP contribution in [0.25, 0.3) is 11.3 Å². The molecule has 1 amide bonds. The molecule has 2 aliphatic rings. The fraction of sp³-hybridized carbons (Fsp3) is 0.259. The van der Waals surface area contributed by atoms with Crippen molar-refractivity contribution in [2.24, 2.45) is 5.41 Å². The number of rotatable bonds is 2. The summed E-state index contributed by atoms with van der Waals surface area (Å²) in [7, 11) is 0. The summed E-state index contributed by atoms with van der Waals surface area (Å²) in [6.45, 7) is 5.73. The van der Waals surface area contributed by atoms with Gasteiger partial charge in [-0.1, -0.05) is 54.0 Å². The number of nitrogens with zero attached hydrogens (tertiary/aromatic N) is 1. The third-order valence-corrected chi connectivity index (χ3v) is 6.79. The van der Waals surface area contributed by atoms with Gasteiger partial charge < -0.3 is 9.73 Å². The molecule has 0 radical (unpaired) electrons. The topological polar surface area (TPSA) is 62.6 Å². The van der Waals surface area contributed by atoms with Crippen molar-refractivity contribution in [3.8, 4) is 11.3 Å². The normalized spacial score (nSPS) is 19.5. The van der Waals surface area contributed by atoms with Crippen LogP contribution in [0, 0.1) is 5.41 Å². The van der Waals surface area contributed by atoms with E-state index in [4.69, 9.17) is 4.42 Å². The number of hydrogen-bond acceptors (Lipinski definition) is 4. The molecule has 0 spiro atoms. The number of carbonyl (C=O) groups excluding carboxylic acids is 2. The lowest BCUT2D eigenvalue weighted by atomic mass is 9.74. The number of nitrogens with one attached hydrogen (secondary N) is 1. The highest BCUT2D eigenvalue weighted by atomic mass is 79.9. The molecular weight excluding hydrogens is 480 g/mol. The van der Waals surface area contributed by atoms with Crippen LogP contribution in [0.15, 0.2) is 80.8 Å². The van der Waals surface area contributed by atoms with E-state index >= 15 is 0 Å². The minimum Gasteiger partial charge on any atom is -0.459 e. The monoisotopic (exact) mass is 504 g/mol. The fourth-order valence-corrected chi connectivity index (χ4v) is 5.14. The summed E-state index contributed by atoms with van der Waals surface area (Å²) < 4.78 is 7.31. The number of amides is 1. The van der Waals surface area contributed by atoms with Crippen LogP contribution in [-0.2, 0) is 9.59 Å². The van der Waals surface area contributed by atoms with Crippen molar-refractivity contribution in [3.05, 3.63) is 82.2 Å². The average Bonchev–Trinajstić information content (AvgIpc) is 3.17. The van der Waals surface area contributed by atoms with E-state index in [0.29, 0.717) is 29.9 Å². The third-order valence-electron chi connectivity index (χ3n) is 6.27. The first-order valence-electron chi connectivity index (χ1n) is 11.0. The number of furan rings is 1. The zero-order valence-electron chi connectivity index (χ0n) is 18.8. The summed E-state index contributed by atoms with van der Waals surface area (Å²) in [5.41, 5.74) is 3.77. The summed E-state index contributed by atoms with van der Waals surface area (Å²) in [6.07, 6.45) is 1.14. The quantitative estimate of drug-likeness (QED) is 0.413. The maximum Gasteiger partial charge on any atom is 0.224 e. The van der Waals surface area contributed by atoms with Gasteiger partial charge in [-0.3, -0.25) is 14.5 Å². The van der Waals surface area contributed by atoms with Gasteiger partial charge in [0.1, 0.15) is 17.6 Å². The molecule has 0 fully saturated rings. The van der Waals surface area contributed by atoms with E-state index in [9.17, 15) is 9.59 Å². The Morgan fingerprint density at radius 1 is 1.06 bits per heavy atom. The SMILES string of the molecule is CC(=O)N1c2ccccc2NC2=C(C(=O)CC(C)(C)C2)[C@H]1c1ccc(-c2ccc(Br)cc2)o1. The van der Waals surface area contributed by atoms with Crippen LogP contribution in [0.4, 0.5) is 11.4 Å². The van der Waals surface area contributed by atoms with Gasteiger partial charge in [-0.2, -0.15) is 0 Å². The van der Waals surface area contributed by atoms with Crippen LogP contribution in [0.3, 0.4) is 0 Å². The second-order valence-electron chi connectivity index (χ2n) is 9.48. The number of carbonyl (C=O) groups is 2. The number of fused-ring (bicyclic) bond motifs is 1. The van der Waals surface area contributed by atoms with Crippen LogP contribution in [0.2, 0.25) is 0 Å². The molecule has 1 atom stereocenters. The molecule has 168 valence electrons. The number of ketones is 1. The maximum atomic E-state index is 13.5. The van der Waals surface area contributed by atoms with Crippen LogP contribution in [0.5, 0.6) is 0 Å². The first-order valence-corrected chi connectivity index (χ1v) is 11.8. The van der Waals surface area contributed by atoms with Crippen molar-refractivity contribution in [1.29, 1.82) is 0 Å². The van der Waals surface area contributed by atoms with Gasteiger partial charge >= 0.3 is 0 Å². The van der Waals surface area contributed by atoms with Crippen molar-refractivity contribution < 1.29 is 14.0 Å². The molecule has 1 aliphatic heterocycles. The molecule has 33 heavy (non-hydrogen) atoms. The summed E-state index contributed by atoms with van der Waals surface area (Å²) in [5, 5.41) is 3.49. The molecule has 1 aliphatic carbocycles. The van der Waals surface area contributed by atoms with Crippen molar-refractivity contribution in [2.45, 2.75) is 39.7 Å². The molecule has 1 aromatic heterocycles. The minimum atomic E-state index is -0.638. The van der Waals surface area contributed by atoms with Gasteiger partial charge in [0.15, 0.2) is 5.78 Å². The summed E-state index contributed by atoms with van der Waals surface area (Å²) in [5.74, 6) is 1.15. The second-order valence-corrected chi connectivity index (χ2v) is 10.4. The number of para-hydroxylation sites is 2. The number of Topliss-reactive ketones (excluding diaryl/α,β-unsaturated/α-hetero) is 1. The molecule has 0 bridgehead atoms. The third kappa shape index (κ3) is 3.93. The van der Waals surface area contributed by atoms with Gasteiger partial charge in [-0.25, -0.2) is 0 Å². The van der Waals surface area contributed by atoms with Crippen LogP contribution in [-0.4, -0.2) is 11.7 Å². The standard InChI is InChI=1S/C27H25BrN2O3/c1-16(31)30-21-7-5-4-6-19(21)29-20-14-27(2,3)15-22(32)25(20)26(30)24-13-12-23(33-24)17-8-10-18(28)11-9-17/h4-13,26,29H,14-15H2,1-3H3/t26-/m1/s1. The molecular formula is C27H25BrN2O3. The first-order chi connectivity index (χ1) is 15.7.